The molecule has 1 saturated carbocycles. The Morgan fingerprint density at radius 2 is 2.00 bits per heavy atom. The first-order valence-electron chi connectivity index (χ1n) is 7.22. The number of rotatable bonds is 3. The van der Waals surface area contributed by atoms with Crippen LogP contribution >= 0.6 is 12.2 Å². The van der Waals surface area contributed by atoms with E-state index in [1.54, 1.807) is 6.92 Å². The molecule has 0 atom stereocenters. The predicted molar refractivity (Wildman–Crippen MR) is 83.8 cm³/mol. The third-order valence-corrected chi connectivity index (χ3v) is 4.24. The number of nitrogens with zero attached hydrogens (tertiary/aromatic N) is 1. The van der Waals surface area contributed by atoms with E-state index in [1.807, 2.05) is 6.92 Å². The fourth-order valence-electron chi connectivity index (χ4n) is 2.47. The lowest BCUT2D eigenvalue weighted by Crippen LogP contribution is -2.12. The molecule has 3 nitrogen and oxygen atoms in total. The van der Waals surface area contributed by atoms with Gasteiger partial charge in [-0.3, -0.25) is 0 Å². The Hall–Kier alpha value is -1.89. The molecular formula is C16H15F3N2OS. The van der Waals surface area contributed by atoms with Crippen LogP contribution in [0.5, 0.6) is 5.88 Å². The largest absolute Gasteiger partial charge is 0.427 e. The summed E-state index contributed by atoms with van der Waals surface area (Å²) < 4.78 is 43.8. The molecule has 23 heavy (non-hydrogen) atoms. The number of H-pyrrole nitrogens is 1. The molecule has 2 aromatic rings. The van der Waals surface area contributed by atoms with Crippen molar-refractivity contribution in [1.82, 2.24) is 10.2 Å². The smallest absolute Gasteiger partial charge is 0.416 e. The zero-order valence-electron chi connectivity index (χ0n) is 12.6. The van der Waals surface area contributed by atoms with Crippen LogP contribution in [0.3, 0.4) is 0 Å². The number of benzene rings is 1. The maximum Gasteiger partial charge on any atom is 0.416 e. The van der Waals surface area contributed by atoms with Gasteiger partial charge < -0.3 is 4.74 Å². The standard InChI is InChI=1S/C16H15F3N2OS/c1-8-7-11(16(17,18)19)5-6-12(8)15(23)22-14-9(2)13(20-21-14)10-3-4-10/h5-7,10H,3-4H2,1-2H3,(H,20,21). The summed E-state index contributed by atoms with van der Waals surface area (Å²) in [4.78, 5) is 0. The third kappa shape index (κ3) is 3.24. The number of ether oxygens (including phenoxy) is 1. The van der Waals surface area contributed by atoms with Crippen molar-refractivity contribution in [3.63, 3.8) is 0 Å². The van der Waals surface area contributed by atoms with E-state index in [9.17, 15) is 13.2 Å². The molecule has 1 heterocycles. The molecule has 0 saturated heterocycles. The number of aromatic amines is 1. The number of aromatic nitrogens is 2. The van der Waals surface area contributed by atoms with E-state index in [1.165, 1.54) is 6.07 Å². The molecule has 1 aromatic heterocycles. The summed E-state index contributed by atoms with van der Waals surface area (Å²) in [5.74, 6) is 0.932. The average Bonchev–Trinajstić information content (AvgIpc) is 3.24. The summed E-state index contributed by atoms with van der Waals surface area (Å²) in [6.45, 7) is 3.48. The summed E-state index contributed by atoms with van der Waals surface area (Å²) in [6.07, 6.45) is -2.13. The van der Waals surface area contributed by atoms with Crippen LogP contribution in [-0.2, 0) is 6.18 Å². The van der Waals surface area contributed by atoms with Crippen LogP contribution in [-0.4, -0.2) is 15.2 Å². The number of hydrogen-bond donors (Lipinski definition) is 1. The normalized spacial score (nSPS) is 14.8. The Morgan fingerprint density at radius 1 is 1.30 bits per heavy atom. The van der Waals surface area contributed by atoms with Crippen molar-refractivity contribution < 1.29 is 17.9 Å². The molecule has 1 fully saturated rings. The molecule has 0 radical (unpaired) electrons. The molecule has 1 aliphatic carbocycles. The number of nitrogens with one attached hydrogen (secondary N) is 1. The Kier molecular flexibility index (Phi) is 3.91. The third-order valence-electron chi connectivity index (χ3n) is 3.94. The second kappa shape index (κ2) is 5.63. The second-order valence-electron chi connectivity index (χ2n) is 5.75. The topological polar surface area (TPSA) is 37.9 Å². The second-order valence-corrected chi connectivity index (χ2v) is 6.13. The van der Waals surface area contributed by atoms with Crippen molar-refractivity contribution in [3.05, 3.63) is 46.1 Å². The average molecular weight is 340 g/mol. The van der Waals surface area contributed by atoms with Gasteiger partial charge in [-0.25, -0.2) is 5.10 Å². The molecule has 7 heteroatoms. The zero-order valence-corrected chi connectivity index (χ0v) is 13.4. The summed E-state index contributed by atoms with van der Waals surface area (Å²) >= 11 is 5.23. The predicted octanol–water partition coefficient (Wildman–Crippen LogP) is 4.68. The SMILES string of the molecule is Cc1cc(C(F)(F)F)ccc1C(=S)Oc1[nH]nc(C2CC2)c1C. The molecule has 0 aliphatic heterocycles. The van der Waals surface area contributed by atoms with Gasteiger partial charge in [0.15, 0.2) is 5.05 Å². The van der Waals surface area contributed by atoms with E-state index in [4.69, 9.17) is 17.0 Å². The highest BCUT2D eigenvalue weighted by atomic mass is 32.1. The lowest BCUT2D eigenvalue weighted by atomic mass is 10.1. The maximum atomic E-state index is 12.7. The summed E-state index contributed by atoms with van der Waals surface area (Å²) in [5, 5.41) is 7.18. The summed E-state index contributed by atoms with van der Waals surface area (Å²) in [6, 6.07) is 3.42. The van der Waals surface area contributed by atoms with Crippen LogP contribution in [0.2, 0.25) is 0 Å². The van der Waals surface area contributed by atoms with Crippen molar-refractivity contribution >= 4 is 17.3 Å². The molecule has 0 unspecified atom stereocenters. The number of halogens is 3. The van der Waals surface area contributed by atoms with Crippen molar-refractivity contribution in [2.75, 3.05) is 0 Å². The van der Waals surface area contributed by atoms with Crippen molar-refractivity contribution in [2.45, 2.75) is 38.8 Å². The van der Waals surface area contributed by atoms with E-state index in [0.717, 1.165) is 36.2 Å². The molecule has 1 aliphatic rings. The first-order valence-corrected chi connectivity index (χ1v) is 7.63. The lowest BCUT2D eigenvalue weighted by molar-refractivity contribution is -0.137. The molecule has 122 valence electrons. The van der Waals surface area contributed by atoms with Crippen molar-refractivity contribution in [1.29, 1.82) is 0 Å². The monoisotopic (exact) mass is 340 g/mol. The van der Waals surface area contributed by atoms with Gasteiger partial charge in [-0.1, -0.05) is 0 Å². The zero-order chi connectivity index (χ0) is 16.8. The van der Waals surface area contributed by atoms with Gasteiger partial charge in [0.05, 0.1) is 11.3 Å². The molecule has 0 spiro atoms. The highest BCUT2D eigenvalue weighted by molar-refractivity contribution is 7.80. The van der Waals surface area contributed by atoms with Gasteiger partial charge in [-0.05, 0) is 62.7 Å². The van der Waals surface area contributed by atoms with E-state index < -0.39 is 11.7 Å². The van der Waals surface area contributed by atoms with Crippen LogP contribution in [0.4, 0.5) is 13.2 Å². The first kappa shape index (κ1) is 16.0. The van der Waals surface area contributed by atoms with Gasteiger partial charge in [0.25, 0.3) is 0 Å². The van der Waals surface area contributed by atoms with Crippen molar-refractivity contribution in [3.8, 4) is 5.88 Å². The minimum Gasteiger partial charge on any atom is -0.427 e. The first-order chi connectivity index (χ1) is 10.8. The molecule has 0 amide bonds. The Balaban J connectivity index is 1.81. The van der Waals surface area contributed by atoms with Crippen LogP contribution in [0.15, 0.2) is 18.2 Å². The molecular weight excluding hydrogens is 325 g/mol. The van der Waals surface area contributed by atoms with E-state index >= 15 is 0 Å². The number of hydrogen-bond acceptors (Lipinski definition) is 3. The van der Waals surface area contributed by atoms with Gasteiger partial charge in [0.2, 0.25) is 5.88 Å². The Labute approximate surface area is 136 Å². The van der Waals surface area contributed by atoms with Crippen LogP contribution in [0.1, 0.15) is 46.7 Å². The summed E-state index contributed by atoms with van der Waals surface area (Å²) in [5.41, 5.74) is 2.07. The number of thiocarbonyl (C=S) groups is 1. The van der Waals surface area contributed by atoms with E-state index in [2.05, 4.69) is 10.2 Å². The maximum absolute atomic E-state index is 12.7. The Bertz CT molecular complexity index is 763. The molecule has 1 aromatic carbocycles. The van der Waals surface area contributed by atoms with Crippen molar-refractivity contribution in [2.24, 2.45) is 0 Å². The Morgan fingerprint density at radius 3 is 2.57 bits per heavy atom. The van der Waals surface area contributed by atoms with Crippen LogP contribution in [0, 0.1) is 13.8 Å². The lowest BCUT2D eigenvalue weighted by Gasteiger charge is -2.12. The van der Waals surface area contributed by atoms with Gasteiger partial charge in [0, 0.05) is 17.0 Å². The van der Waals surface area contributed by atoms with Crippen LogP contribution in [0.25, 0.3) is 0 Å². The molecule has 1 N–H and O–H groups in total. The van der Waals surface area contributed by atoms with Crippen LogP contribution < -0.4 is 4.74 Å². The quantitative estimate of drug-likeness (QED) is 0.825. The number of aryl methyl sites for hydroxylation is 1. The highest BCUT2D eigenvalue weighted by Gasteiger charge is 2.31. The molecule has 0 bridgehead atoms. The number of alkyl halides is 3. The molecule has 3 rings (SSSR count). The summed E-state index contributed by atoms with van der Waals surface area (Å²) in [7, 11) is 0. The van der Waals surface area contributed by atoms with E-state index in [0.29, 0.717) is 22.9 Å². The van der Waals surface area contributed by atoms with Gasteiger partial charge in [-0.2, -0.15) is 18.3 Å². The minimum atomic E-state index is -4.37. The van der Waals surface area contributed by atoms with Gasteiger partial charge >= 0.3 is 6.18 Å². The van der Waals surface area contributed by atoms with Gasteiger partial charge in [0.1, 0.15) is 0 Å². The fourth-order valence-corrected chi connectivity index (χ4v) is 2.78. The highest BCUT2D eigenvalue weighted by Crippen LogP contribution is 2.42. The van der Waals surface area contributed by atoms with E-state index in [-0.39, 0.29) is 5.05 Å². The minimum absolute atomic E-state index is 0.130. The fraction of sp³-hybridized carbons (Fsp3) is 0.375. The van der Waals surface area contributed by atoms with Gasteiger partial charge in [-0.15, -0.1) is 0 Å².